The van der Waals surface area contributed by atoms with Crippen LogP contribution in [-0.4, -0.2) is 18.6 Å². The van der Waals surface area contributed by atoms with Gasteiger partial charge in [-0.05, 0) is 30.5 Å². The Balaban J connectivity index is 0.00000161. The minimum absolute atomic E-state index is 0. The highest BCUT2D eigenvalue weighted by atomic mass is 127. The first-order valence-corrected chi connectivity index (χ1v) is 7.61. The van der Waals surface area contributed by atoms with Gasteiger partial charge in [-0.2, -0.15) is 0 Å². The molecule has 1 aromatic rings. The Bertz CT molecular complexity index is 530. The Morgan fingerprint density at radius 3 is 2.90 bits per heavy atom. The smallest absolute Gasteiger partial charge is 0.189 e. The van der Waals surface area contributed by atoms with E-state index >= 15 is 0 Å². The third-order valence-electron chi connectivity index (χ3n) is 3.95. The molecule has 3 N–H and O–H groups in total. The van der Waals surface area contributed by atoms with Crippen LogP contribution in [0.3, 0.4) is 0 Å². The molecule has 1 aromatic carbocycles. The maximum atomic E-state index is 6.13. The van der Waals surface area contributed by atoms with Crippen LogP contribution in [0.5, 0.6) is 5.75 Å². The average Bonchev–Trinajstić information content (AvgIpc) is 3.06. The molecule has 0 radical (unpaired) electrons. The first kappa shape index (κ1) is 16.7. The molecule has 1 aliphatic carbocycles. The normalized spacial score (nSPS) is 18.0. The minimum Gasteiger partial charge on any atom is -0.493 e. The van der Waals surface area contributed by atoms with Crippen LogP contribution in [0.25, 0.3) is 0 Å². The van der Waals surface area contributed by atoms with Gasteiger partial charge in [-0.25, -0.2) is 4.99 Å². The van der Waals surface area contributed by atoms with Crippen molar-refractivity contribution in [2.24, 2.45) is 10.7 Å². The second-order valence-electron chi connectivity index (χ2n) is 5.48. The third-order valence-corrected chi connectivity index (χ3v) is 4.17. The van der Waals surface area contributed by atoms with Crippen molar-refractivity contribution in [3.8, 4) is 5.75 Å². The van der Waals surface area contributed by atoms with Gasteiger partial charge >= 0.3 is 0 Å². The van der Waals surface area contributed by atoms with E-state index in [1.54, 1.807) is 0 Å². The van der Waals surface area contributed by atoms with Gasteiger partial charge in [0.15, 0.2) is 5.96 Å². The lowest BCUT2D eigenvalue weighted by atomic mass is 10.1. The number of hydrogen-bond acceptors (Lipinski definition) is 2. The molecule has 3 rings (SSSR count). The van der Waals surface area contributed by atoms with Crippen LogP contribution in [0.4, 0.5) is 0 Å². The van der Waals surface area contributed by atoms with E-state index in [2.05, 4.69) is 10.3 Å². The van der Waals surface area contributed by atoms with Gasteiger partial charge in [-0.3, -0.25) is 0 Å². The van der Waals surface area contributed by atoms with Crippen LogP contribution in [-0.2, 0) is 13.0 Å². The summed E-state index contributed by atoms with van der Waals surface area (Å²) in [6, 6.07) is 4.37. The molecule has 0 aromatic heterocycles. The van der Waals surface area contributed by atoms with Crippen molar-refractivity contribution in [1.29, 1.82) is 0 Å². The van der Waals surface area contributed by atoms with Crippen LogP contribution < -0.4 is 15.8 Å². The summed E-state index contributed by atoms with van der Waals surface area (Å²) < 4.78 is 5.66. The van der Waals surface area contributed by atoms with Gasteiger partial charge in [0.25, 0.3) is 0 Å². The molecule has 0 spiro atoms. The molecule has 116 valence electrons. The predicted octanol–water partition coefficient (Wildman–Crippen LogP) is 3.24. The van der Waals surface area contributed by atoms with Crippen molar-refractivity contribution < 1.29 is 4.74 Å². The van der Waals surface area contributed by atoms with Gasteiger partial charge < -0.3 is 15.8 Å². The highest BCUT2D eigenvalue weighted by molar-refractivity contribution is 14.0. The Labute approximate surface area is 147 Å². The highest BCUT2D eigenvalue weighted by Gasteiger charge is 2.18. The molecule has 0 atom stereocenters. The van der Waals surface area contributed by atoms with Crippen molar-refractivity contribution in [3.63, 3.8) is 0 Å². The van der Waals surface area contributed by atoms with Crippen LogP contribution >= 0.6 is 35.6 Å². The number of ether oxygens (including phenoxy) is 1. The molecule has 2 aliphatic rings. The first-order valence-electron chi connectivity index (χ1n) is 7.23. The van der Waals surface area contributed by atoms with Crippen molar-refractivity contribution in [1.82, 2.24) is 5.32 Å². The Morgan fingerprint density at radius 1 is 1.38 bits per heavy atom. The minimum atomic E-state index is 0. The van der Waals surface area contributed by atoms with E-state index in [1.165, 1.54) is 31.2 Å². The number of fused-ring (bicyclic) bond motifs is 1. The van der Waals surface area contributed by atoms with Gasteiger partial charge in [0.2, 0.25) is 0 Å². The summed E-state index contributed by atoms with van der Waals surface area (Å²) in [4.78, 5) is 4.42. The molecule has 1 fully saturated rings. The van der Waals surface area contributed by atoms with Crippen LogP contribution in [0.2, 0.25) is 5.02 Å². The number of nitrogens with one attached hydrogen (secondary N) is 1. The van der Waals surface area contributed by atoms with Gasteiger partial charge in [-0.15, -0.1) is 24.0 Å². The van der Waals surface area contributed by atoms with Gasteiger partial charge in [0.1, 0.15) is 5.75 Å². The van der Waals surface area contributed by atoms with E-state index in [0.29, 0.717) is 18.5 Å². The fraction of sp³-hybridized carbons (Fsp3) is 0.533. The van der Waals surface area contributed by atoms with Crippen molar-refractivity contribution in [2.75, 3.05) is 6.61 Å². The third kappa shape index (κ3) is 4.16. The van der Waals surface area contributed by atoms with Gasteiger partial charge in [0, 0.05) is 23.0 Å². The zero-order valence-electron chi connectivity index (χ0n) is 11.9. The topological polar surface area (TPSA) is 59.6 Å². The summed E-state index contributed by atoms with van der Waals surface area (Å²) in [6.07, 6.45) is 5.85. The monoisotopic (exact) mass is 421 g/mol. The molecular formula is C15H21ClIN3O. The lowest BCUT2D eigenvalue weighted by Crippen LogP contribution is -2.38. The molecule has 4 nitrogen and oxygen atoms in total. The summed E-state index contributed by atoms with van der Waals surface area (Å²) in [5, 5.41) is 4.02. The summed E-state index contributed by atoms with van der Waals surface area (Å²) >= 11 is 6.13. The summed E-state index contributed by atoms with van der Waals surface area (Å²) in [6.45, 7) is 1.23. The molecule has 1 aliphatic heterocycles. The summed E-state index contributed by atoms with van der Waals surface area (Å²) in [5.41, 5.74) is 8.14. The number of benzene rings is 1. The van der Waals surface area contributed by atoms with Crippen molar-refractivity contribution in [2.45, 2.75) is 44.7 Å². The molecule has 0 unspecified atom stereocenters. The standard InChI is InChI=1S/C15H20ClN3O.HI/c16-12-7-10-5-6-20-14(10)11(8-12)9-18-15(17)19-13-3-1-2-4-13;/h7-8,13H,1-6,9H2,(H3,17,18,19);1H. The van der Waals surface area contributed by atoms with E-state index in [9.17, 15) is 0 Å². The lowest BCUT2D eigenvalue weighted by Gasteiger charge is -2.13. The number of rotatable bonds is 3. The van der Waals surface area contributed by atoms with E-state index in [4.69, 9.17) is 22.1 Å². The molecule has 0 bridgehead atoms. The van der Waals surface area contributed by atoms with Crippen LogP contribution in [0, 0.1) is 0 Å². The number of aliphatic imine (C=N–C) groups is 1. The summed E-state index contributed by atoms with van der Waals surface area (Å²) in [5.74, 6) is 1.45. The largest absolute Gasteiger partial charge is 0.493 e. The lowest BCUT2D eigenvalue weighted by molar-refractivity contribution is 0.353. The number of nitrogens with zero attached hydrogens (tertiary/aromatic N) is 1. The van der Waals surface area contributed by atoms with E-state index in [1.807, 2.05) is 12.1 Å². The Kier molecular flexibility index (Phi) is 5.98. The predicted molar refractivity (Wildman–Crippen MR) is 96.8 cm³/mol. The summed E-state index contributed by atoms with van der Waals surface area (Å²) in [7, 11) is 0. The molecule has 21 heavy (non-hydrogen) atoms. The molecule has 0 amide bonds. The molecular weight excluding hydrogens is 401 g/mol. The van der Waals surface area contributed by atoms with E-state index in [0.717, 1.165) is 29.4 Å². The van der Waals surface area contributed by atoms with Crippen LogP contribution in [0.1, 0.15) is 36.8 Å². The van der Waals surface area contributed by atoms with E-state index in [-0.39, 0.29) is 24.0 Å². The number of nitrogens with two attached hydrogens (primary N) is 1. The van der Waals surface area contributed by atoms with E-state index < -0.39 is 0 Å². The molecule has 6 heteroatoms. The highest BCUT2D eigenvalue weighted by Crippen LogP contribution is 2.33. The number of guanidine groups is 1. The van der Waals surface area contributed by atoms with Crippen molar-refractivity contribution in [3.05, 3.63) is 28.3 Å². The quantitative estimate of drug-likeness (QED) is 0.447. The zero-order valence-corrected chi connectivity index (χ0v) is 15.0. The Hall–Kier alpha value is -0.690. The fourth-order valence-corrected chi connectivity index (χ4v) is 3.22. The first-order chi connectivity index (χ1) is 9.72. The maximum absolute atomic E-state index is 6.13. The number of halogens is 2. The zero-order chi connectivity index (χ0) is 13.9. The Morgan fingerprint density at radius 2 is 2.14 bits per heavy atom. The maximum Gasteiger partial charge on any atom is 0.189 e. The van der Waals surface area contributed by atoms with Crippen molar-refractivity contribution >= 4 is 41.5 Å². The van der Waals surface area contributed by atoms with Gasteiger partial charge in [0.05, 0.1) is 13.2 Å². The molecule has 1 heterocycles. The molecule has 0 saturated heterocycles. The second kappa shape index (κ2) is 7.54. The molecule has 1 saturated carbocycles. The average molecular weight is 422 g/mol. The number of hydrogen-bond donors (Lipinski definition) is 2. The van der Waals surface area contributed by atoms with Gasteiger partial charge in [-0.1, -0.05) is 24.4 Å². The SMILES string of the molecule is I.NC(=NCc1cc(Cl)cc2c1OCC2)NC1CCCC1. The second-order valence-corrected chi connectivity index (χ2v) is 5.92. The fourth-order valence-electron chi connectivity index (χ4n) is 2.96. The van der Waals surface area contributed by atoms with Crippen LogP contribution in [0.15, 0.2) is 17.1 Å².